The molecule has 0 radical (unpaired) electrons. The van der Waals surface area contributed by atoms with Crippen LogP contribution in [-0.4, -0.2) is 19.1 Å². The molecular formula is C8H18ClNO2. The van der Waals surface area contributed by atoms with Crippen LogP contribution in [0.3, 0.4) is 0 Å². The number of ether oxygens (including phenoxy) is 1. The number of esters is 1. The van der Waals surface area contributed by atoms with Crippen LogP contribution in [0.25, 0.3) is 0 Å². The minimum atomic E-state index is -0.224. The third-order valence-corrected chi connectivity index (χ3v) is 1.43. The number of hydrogen-bond donors (Lipinski definition) is 1. The molecule has 0 aliphatic rings. The molecule has 0 aromatic rings. The van der Waals surface area contributed by atoms with Gasteiger partial charge in [0.2, 0.25) is 0 Å². The second-order valence-electron chi connectivity index (χ2n) is 3.17. The van der Waals surface area contributed by atoms with Crippen molar-refractivity contribution in [1.82, 2.24) is 0 Å². The summed E-state index contributed by atoms with van der Waals surface area (Å²) in [6, 6.07) is -0.0533. The minimum absolute atomic E-state index is 0. The van der Waals surface area contributed by atoms with Gasteiger partial charge in [-0.25, -0.2) is 0 Å². The molecule has 2 N–H and O–H groups in total. The van der Waals surface area contributed by atoms with E-state index in [0.29, 0.717) is 12.3 Å². The molecule has 0 spiro atoms. The third kappa shape index (κ3) is 7.82. The Bertz CT molecular complexity index is 128. The van der Waals surface area contributed by atoms with Crippen molar-refractivity contribution in [3.8, 4) is 0 Å². The number of nitrogens with two attached hydrogens (primary N) is 1. The van der Waals surface area contributed by atoms with Gasteiger partial charge in [-0.2, -0.15) is 0 Å². The molecule has 1 unspecified atom stereocenters. The molecule has 0 saturated carbocycles. The fourth-order valence-corrected chi connectivity index (χ4v) is 0.986. The maximum Gasteiger partial charge on any atom is 0.307 e. The SMILES string of the molecule is COC(=O)CC(N)CC(C)C.Cl. The first-order valence-corrected chi connectivity index (χ1v) is 3.88. The number of carbonyl (C=O) groups is 1. The summed E-state index contributed by atoms with van der Waals surface area (Å²) in [4.78, 5) is 10.7. The van der Waals surface area contributed by atoms with Crippen LogP contribution in [0.15, 0.2) is 0 Å². The summed E-state index contributed by atoms with van der Waals surface area (Å²) in [5.74, 6) is 0.313. The van der Waals surface area contributed by atoms with Crippen molar-refractivity contribution in [1.29, 1.82) is 0 Å². The van der Waals surface area contributed by atoms with Crippen molar-refractivity contribution in [2.24, 2.45) is 11.7 Å². The predicted molar refractivity (Wildman–Crippen MR) is 51.3 cm³/mol. The summed E-state index contributed by atoms with van der Waals surface area (Å²) >= 11 is 0. The van der Waals surface area contributed by atoms with E-state index in [1.165, 1.54) is 7.11 Å². The molecule has 0 aromatic carbocycles. The van der Waals surface area contributed by atoms with E-state index in [1.54, 1.807) is 0 Å². The van der Waals surface area contributed by atoms with Crippen molar-refractivity contribution in [3.05, 3.63) is 0 Å². The molecule has 0 amide bonds. The van der Waals surface area contributed by atoms with Gasteiger partial charge < -0.3 is 10.5 Å². The molecule has 0 rings (SSSR count). The Morgan fingerprint density at radius 3 is 2.33 bits per heavy atom. The smallest absolute Gasteiger partial charge is 0.307 e. The first-order valence-electron chi connectivity index (χ1n) is 3.88. The summed E-state index contributed by atoms with van der Waals surface area (Å²) < 4.78 is 4.48. The number of methoxy groups -OCH3 is 1. The quantitative estimate of drug-likeness (QED) is 0.689. The summed E-state index contributed by atoms with van der Waals surface area (Å²) in [6.07, 6.45) is 1.20. The summed E-state index contributed by atoms with van der Waals surface area (Å²) in [5.41, 5.74) is 5.65. The molecule has 0 aliphatic carbocycles. The molecule has 0 fully saturated rings. The van der Waals surface area contributed by atoms with Crippen molar-refractivity contribution < 1.29 is 9.53 Å². The number of hydrogen-bond acceptors (Lipinski definition) is 3. The van der Waals surface area contributed by atoms with E-state index in [2.05, 4.69) is 18.6 Å². The zero-order chi connectivity index (χ0) is 8.85. The summed E-state index contributed by atoms with van der Waals surface area (Å²) in [5, 5.41) is 0. The Balaban J connectivity index is 0. The van der Waals surface area contributed by atoms with Crippen molar-refractivity contribution in [3.63, 3.8) is 0 Å². The molecule has 1 atom stereocenters. The van der Waals surface area contributed by atoms with E-state index in [1.807, 2.05) is 0 Å². The van der Waals surface area contributed by atoms with Gasteiger partial charge in [0.15, 0.2) is 0 Å². The van der Waals surface area contributed by atoms with E-state index >= 15 is 0 Å². The van der Waals surface area contributed by atoms with E-state index in [-0.39, 0.29) is 24.4 Å². The minimum Gasteiger partial charge on any atom is -0.469 e. The van der Waals surface area contributed by atoms with Crippen LogP contribution in [-0.2, 0) is 9.53 Å². The molecular weight excluding hydrogens is 178 g/mol. The highest BCUT2D eigenvalue weighted by atomic mass is 35.5. The molecule has 4 heteroatoms. The lowest BCUT2D eigenvalue weighted by Gasteiger charge is -2.11. The highest BCUT2D eigenvalue weighted by Crippen LogP contribution is 2.05. The first-order chi connectivity index (χ1) is 5.06. The van der Waals surface area contributed by atoms with Gasteiger partial charge in [-0.15, -0.1) is 12.4 Å². The zero-order valence-corrected chi connectivity index (χ0v) is 8.69. The molecule has 0 aliphatic heterocycles. The lowest BCUT2D eigenvalue weighted by Crippen LogP contribution is -2.25. The fourth-order valence-electron chi connectivity index (χ4n) is 0.986. The van der Waals surface area contributed by atoms with Crippen molar-refractivity contribution >= 4 is 18.4 Å². The summed E-state index contributed by atoms with van der Waals surface area (Å²) in [7, 11) is 1.38. The van der Waals surface area contributed by atoms with Gasteiger partial charge in [-0.3, -0.25) is 4.79 Å². The maximum atomic E-state index is 10.7. The van der Waals surface area contributed by atoms with E-state index in [4.69, 9.17) is 5.73 Å². The zero-order valence-electron chi connectivity index (χ0n) is 7.87. The van der Waals surface area contributed by atoms with Gasteiger partial charge in [0.1, 0.15) is 0 Å². The second kappa shape index (κ2) is 7.37. The molecule has 0 heterocycles. The van der Waals surface area contributed by atoms with Crippen LogP contribution < -0.4 is 5.73 Å². The van der Waals surface area contributed by atoms with E-state index < -0.39 is 0 Å². The largest absolute Gasteiger partial charge is 0.469 e. The van der Waals surface area contributed by atoms with Crippen LogP contribution in [0.1, 0.15) is 26.7 Å². The molecule has 0 bridgehead atoms. The van der Waals surface area contributed by atoms with Gasteiger partial charge >= 0.3 is 5.97 Å². The fraction of sp³-hybridized carbons (Fsp3) is 0.875. The summed E-state index contributed by atoms with van der Waals surface area (Å²) in [6.45, 7) is 4.16. The van der Waals surface area contributed by atoms with E-state index in [9.17, 15) is 4.79 Å². The Morgan fingerprint density at radius 1 is 1.50 bits per heavy atom. The van der Waals surface area contributed by atoms with Crippen molar-refractivity contribution in [2.45, 2.75) is 32.7 Å². The van der Waals surface area contributed by atoms with Crippen LogP contribution >= 0.6 is 12.4 Å². The predicted octanol–water partition coefficient (Wildman–Crippen LogP) is 1.34. The number of carbonyl (C=O) groups excluding carboxylic acids is 1. The van der Waals surface area contributed by atoms with Crippen LogP contribution in [0.4, 0.5) is 0 Å². The average molecular weight is 196 g/mol. The highest BCUT2D eigenvalue weighted by Gasteiger charge is 2.10. The lowest BCUT2D eigenvalue weighted by atomic mass is 10.0. The molecule has 0 saturated heterocycles. The Morgan fingerprint density at radius 2 is 2.00 bits per heavy atom. The van der Waals surface area contributed by atoms with Gasteiger partial charge in [0, 0.05) is 6.04 Å². The third-order valence-electron chi connectivity index (χ3n) is 1.43. The topological polar surface area (TPSA) is 52.3 Å². The Labute approximate surface area is 80.1 Å². The van der Waals surface area contributed by atoms with Crippen molar-refractivity contribution in [2.75, 3.05) is 7.11 Å². The standard InChI is InChI=1S/C8H17NO2.ClH/c1-6(2)4-7(9)5-8(10)11-3;/h6-7H,4-5,9H2,1-3H3;1H. The van der Waals surface area contributed by atoms with Gasteiger partial charge in [-0.05, 0) is 12.3 Å². The van der Waals surface area contributed by atoms with Crippen LogP contribution in [0.5, 0.6) is 0 Å². The lowest BCUT2D eigenvalue weighted by molar-refractivity contribution is -0.141. The Hall–Kier alpha value is -0.280. The molecule has 74 valence electrons. The average Bonchev–Trinajstić information content (AvgIpc) is 1.85. The Kier molecular flexibility index (Phi) is 8.76. The first kappa shape index (κ1) is 14.3. The molecule has 0 aromatic heterocycles. The van der Waals surface area contributed by atoms with Crippen LogP contribution in [0.2, 0.25) is 0 Å². The number of rotatable bonds is 4. The van der Waals surface area contributed by atoms with Gasteiger partial charge in [0.25, 0.3) is 0 Å². The number of halogens is 1. The molecule has 12 heavy (non-hydrogen) atoms. The van der Waals surface area contributed by atoms with Gasteiger partial charge in [0.05, 0.1) is 13.5 Å². The maximum absolute atomic E-state index is 10.7. The normalized spacial score (nSPS) is 12.1. The van der Waals surface area contributed by atoms with Gasteiger partial charge in [-0.1, -0.05) is 13.8 Å². The second-order valence-corrected chi connectivity index (χ2v) is 3.17. The van der Waals surface area contributed by atoms with Crippen LogP contribution in [0, 0.1) is 5.92 Å². The highest BCUT2D eigenvalue weighted by molar-refractivity contribution is 5.85. The van der Waals surface area contributed by atoms with E-state index in [0.717, 1.165) is 6.42 Å². The molecule has 3 nitrogen and oxygen atoms in total. The monoisotopic (exact) mass is 195 g/mol.